The van der Waals surface area contributed by atoms with Gasteiger partial charge in [0.05, 0.1) is 17.2 Å². The summed E-state index contributed by atoms with van der Waals surface area (Å²) in [6.07, 6.45) is 2.45. The molecule has 2 heterocycles. The second-order valence-corrected chi connectivity index (χ2v) is 5.90. The normalized spacial score (nSPS) is 11.7. The lowest BCUT2D eigenvalue weighted by Crippen LogP contribution is -2.38. The molecule has 0 saturated carbocycles. The van der Waals surface area contributed by atoms with Gasteiger partial charge in [-0.25, -0.2) is 9.98 Å². The Morgan fingerprint density at radius 3 is 2.86 bits per heavy atom. The molecule has 0 aliphatic heterocycles. The first-order valence-corrected chi connectivity index (χ1v) is 7.85. The predicted octanol–water partition coefficient (Wildman–Crippen LogP) is 2.05. The zero-order valence-corrected chi connectivity index (χ0v) is 13.5. The van der Waals surface area contributed by atoms with Gasteiger partial charge in [-0.3, -0.25) is 0 Å². The van der Waals surface area contributed by atoms with Crippen LogP contribution in [-0.4, -0.2) is 29.2 Å². The summed E-state index contributed by atoms with van der Waals surface area (Å²) >= 11 is 1.76. The second kappa shape index (κ2) is 7.78. The quantitative estimate of drug-likeness (QED) is 0.631. The number of aliphatic imine (C=N–C) groups is 1. The van der Waals surface area contributed by atoms with Crippen LogP contribution in [-0.2, 0) is 13.0 Å². The zero-order chi connectivity index (χ0) is 15.1. The molecule has 114 valence electrons. The van der Waals surface area contributed by atoms with Crippen molar-refractivity contribution >= 4 is 17.3 Å². The van der Waals surface area contributed by atoms with Gasteiger partial charge in [0.2, 0.25) is 0 Å². The van der Waals surface area contributed by atoms with E-state index in [2.05, 4.69) is 32.7 Å². The lowest BCUT2D eigenvalue weighted by Gasteiger charge is -2.10. The van der Waals surface area contributed by atoms with Crippen LogP contribution >= 0.6 is 11.3 Å². The molecule has 6 nitrogen and oxygen atoms in total. The molecule has 0 saturated heterocycles. The number of guanidine groups is 1. The average molecular weight is 307 g/mol. The molecule has 2 aromatic rings. The molecule has 0 atom stereocenters. The van der Waals surface area contributed by atoms with Crippen LogP contribution in [0.25, 0.3) is 0 Å². The van der Waals surface area contributed by atoms with Crippen LogP contribution in [0.3, 0.4) is 0 Å². The number of hydrogen-bond acceptors (Lipinski definition) is 5. The third kappa shape index (κ3) is 4.86. The van der Waals surface area contributed by atoms with Crippen molar-refractivity contribution in [3.8, 4) is 0 Å². The van der Waals surface area contributed by atoms with Gasteiger partial charge < -0.3 is 15.2 Å². The SMILES string of the molecule is CCNC(=NCc1ccon1)NCCc1nc(C)c(C)s1. The summed E-state index contributed by atoms with van der Waals surface area (Å²) in [5.74, 6) is 0.783. The fourth-order valence-corrected chi connectivity index (χ4v) is 2.69. The van der Waals surface area contributed by atoms with Gasteiger partial charge in [0.15, 0.2) is 5.96 Å². The topological polar surface area (TPSA) is 75.3 Å². The minimum absolute atomic E-state index is 0.501. The van der Waals surface area contributed by atoms with Crippen molar-refractivity contribution in [2.45, 2.75) is 33.7 Å². The van der Waals surface area contributed by atoms with Crippen LogP contribution in [0, 0.1) is 13.8 Å². The molecule has 0 amide bonds. The Morgan fingerprint density at radius 1 is 1.38 bits per heavy atom. The summed E-state index contributed by atoms with van der Waals surface area (Å²) in [6.45, 7) is 8.32. The predicted molar refractivity (Wildman–Crippen MR) is 84.6 cm³/mol. The molecule has 0 aromatic carbocycles. The smallest absolute Gasteiger partial charge is 0.191 e. The summed E-state index contributed by atoms with van der Waals surface area (Å²) in [5, 5.41) is 11.5. The van der Waals surface area contributed by atoms with Crippen LogP contribution < -0.4 is 10.6 Å². The molecule has 0 unspecified atom stereocenters. The Bertz CT molecular complexity index is 557. The fourth-order valence-electron chi connectivity index (χ4n) is 1.75. The van der Waals surface area contributed by atoms with Crippen molar-refractivity contribution in [2.75, 3.05) is 13.1 Å². The standard InChI is InChI=1S/C14H21N5OS/c1-4-15-14(17-9-12-6-8-20-19-12)16-7-5-13-18-10(2)11(3)21-13/h6,8H,4-5,7,9H2,1-3H3,(H2,15,16,17). The Morgan fingerprint density at radius 2 is 2.24 bits per heavy atom. The first-order valence-electron chi connectivity index (χ1n) is 7.03. The molecule has 0 bridgehead atoms. The zero-order valence-electron chi connectivity index (χ0n) is 12.6. The van der Waals surface area contributed by atoms with Crippen molar-refractivity contribution in [3.05, 3.63) is 33.6 Å². The third-order valence-electron chi connectivity index (χ3n) is 2.94. The van der Waals surface area contributed by atoms with Crippen molar-refractivity contribution in [1.29, 1.82) is 0 Å². The minimum Gasteiger partial charge on any atom is -0.364 e. The van der Waals surface area contributed by atoms with Crippen molar-refractivity contribution < 1.29 is 4.52 Å². The number of nitrogens with zero attached hydrogens (tertiary/aromatic N) is 3. The Balaban J connectivity index is 1.83. The molecule has 2 rings (SSSR count). The van der Waals surface area contributed by atoms with Crippen molar-refractivity contribution in [1.82, 2.24) is 20.8 Å². The van der Waals surface area contributed by atoms with Gasteiger partial charge in [-0.2, -0.15) is 0 Å². The number of rotatable bonds is 6. The van der Waals surface area contributed by atoms with E-state index in [-0.39, 0.29) is 0 Å². The summed E-state index contributed by atoms with van der Waals surface area (Å²) in [5.41, 5.74) is 1.94. The van der Waals surface area contributed by atoms with E-state index in [9.17, 15) is 0 Å². The van der Waals surface area contributed by atoms with E-state index >= 15 is 0 Å². The van der Waals surface area contributed by atoms with Gasteiger partial charge in [-0.05, 0) is 20.8 Å². The number of aromatic nitrogens is 2. The molecule has 2 N–H and O–H groups in total. The highest BCUT2D eigenvalue weighted by Gasteiger charge is 2.04. The third-order valence-corrected chi connectivity index (χ3v) is 4.07. The summed E-state index contributed by atoms with van der Waals surface area (Å²) in [4.78, 5) is 10.3. The summed E-state index contributed by atoms with van der Waals surface area (Å²) in [6, 6.07) is 1.81. The number of hydrogen-bond donors (Lipinski definition) is 2. The average Bonchev–Trinajstić information content (AvgIpc) is 3.07. The largest absolute Gasteiger partial charge is 0.364 e. The molecule has 21 heavy (non-hydrogen) atoms. The number of thiazole rings is 1. The molecule has 2 aromatic heterocycles. The Labute approximate surface area is 128 Å². The van der Waals surface area contributed by atoms with Gasteiger partial charge in [0.25, 0.3) is 0 Å². The summed E-state index contributed by atoms with van der Waals surface area (Å²) < 4.78 is 4.79. The Kier molecular flexibility index (Phi) is 5.74. The van der Waals surface area contributed by atoms with E-state index in [1.165, 1.54) is 4.88 Å². The van der Waals surface area contributed by atoms with E-state index < -0.39 is 0 Å². The van der Waals surface area contributed by atoms with E-state index in [1.807, 2.05) is 19.9 Å². The Hall–Kier alpha value is -1.89. The lowest BCUT2D eigenvalue weighted by molar-refractivity contribution is 0.412. The van der Waals surface area contributed by atoms with Gasteiger partial charge >= 0.3 is 0 Å². The lowest BCUT2D eigenvalue weighted by atomic mass is 10.4. The molecular formula is C14H21N5OS. The molecule has 0 radical (unpaired) electrons. The highest BCUT2D eigenvalue weighted by atomic mass is 32.1. The molecular weight excluding hydrogens is 286 g/mol. The minimum atomic E-state index is 0.501. The van der Waals surface area contributed by atoms with E-state index in [0.717, 1.165) is 41.9 Å². The van der Waals surface area contributed by atoms with Gasteiger partial charge in [-0.1, -0.05) is 5.16 Å². The van der Waals surface area contributed by atoms with Crippen LogP contribution in [0.1, 0.15) is 28.2 Å². The molecule has 0 fully saturated rings. The number of nitrogens with one attached hydrogen (secondary N) is 2. The number of aryl methyl sites for hydroxylation is 2. The highest BCUT2D eigenvalue weighted by molar-refractivity contribution is 7.11. The van der Waals surface area contributed by atoms with Crippen molar-refractivity contribution in [2.24, 2.45) is 4.99 Å². The van der Waals surface area contributed by atoms with Crippen LogP contribution in [0.2, 0.25) is 0 Å². The van der Waals surface area contributed by atoms with Crippen LogP contribution in [0.15, 0.2) is 21.8 Å². The van der Waals surface area contributed by atoms with Crippen LogP contribution in [0.5, 0.6) is 0 Å². The summed E-state index contributed by atoms with van der Waals surface area (Å²) in [7, 11) is 0. The van der Waals surface area contributed by atoms with E-state index in [4.69, 9.17) is 4.52 Å². The molecule has 7 heteroatoms. The molecule has 0 aliphatic rings. The van der Waals surface area contributed by atoms with E-state index in [1.54, 1.807) is 17.6 Å². The first kappa shape index (κ1) is 15.5. The molecule has 0 aliphatic carbocycles. The second-order valence-electron chi connectivity index (χ2n) is 4.61. The van der Waals surface area contributed by atoms with Gasteiger partial charge in [0.1, 0.15) is 12.0 Å². The monoisotopic (exact) mass is 307 g/mol. The maximum Gasteiger partial charge on any atom is 0.191 e. The van der Waals surface area contributed by atoms with Gasteiger partial charge in [-0.15, -0.1) is 11.3 Å². The van der Waals surface area contributed by atoms with E-state index in [0.29, 0.717) is 6.54 Å². The molecule has 0 spiro atoms. The first-order chi connectivity index (χ1) is 10.2. The van der Waals surface area contributed by atoms with Gasteiger partial charge in [0, 0.05) is 30.5 Å². The highest BCUT2D eigenvalue weighted by Crippen LogP contribution is 2.16. The van der Waals surface area contributed by atoms with Crippen molar-refractivity contribution in [3.63, 3.8) is 0 Å². The maximum absolute atomic E-state index is 4.79. The van der Waals surface area contributed by atoms with Crippen LogP contribution in [0.4, 0.5) is 0 Å². The fraction of sp³-hybridized carbons (Fsp3) is 0.500. The maximum atomic E-state index is 4.79.